The molecule has 2 saturated heterocycles. The number of sulfonamides is 1. The van der Waals surface area contributed by atoms with E-state index in [1.165, 1.54) is 4.31 Å². The quantitative estimate of drug-likeness (QED) is 0.775. The molecular weight excluding hydrogens is 356 g/mol. The highest BCUT2D eigenvalue weighted by atomic mass is 32.2. The van der Waals surface area contributed by atoms with E-state index in [1.54, 1.807) is 32.9 Å². The smallest absolute Gasteiger partial charge is 0.262 e. The second-order valence-electron chi connectivity index (χ2n) is 7.06. The van der Waals surface area contributed by atoms with E-state index in [0.717, 1.165) is 12.1 Å². The number of amides is 1. The van der Waals surface area contributed by atoms with Gasteiger partial charge in [-0.2, -0.15) is 9.40 Å². The maximum Gasteiger partial charge on any atom is 0.262 e. The van der Waals surface area contributed by atoms with Crippen molar-refractivity contribution < 1.29 is 13.2 Å². The van der Waals surface area contributed by atoms with Gasteiger partial charge in [0.15, 0.2) is 5.03 Å². The standard InChI is InChI=1S/C16H22N6O3S/c1-12(2)19-10-15(17-11-19)26(24,25)20-7-14(8-20)22-9-13(6-18-22)21-5-3-4-16(21)23/h6,9-12,14H,3-5,7-8H2,1-2H3. The highest BCUT2D eigenvalue weighted by molar-refractivity contribution is 7.89. The van der Waals surface area contributed by atoms with Crippen LogP contribution < -0.4 is 4.90 Å². The average molecular weight is 378 g/mol. The van der Waals surface area contributed by atoms with Gasteiger partial charge in [0.25, 0.3) is 10.0 Å². The highest BCUT2D eigenvalue weighted by Crippen LogP contribution is 2.29. The predicted octanol–water partition coefficient (Wildman–Crippen LogP) is 1.03. The summed E-state index contributed by atoms with van der Waals surface area (Å²) >= 11 is 0. The van der Waals surface area contributed by atoms with Gasteiger partial charge < -0.3 is 9.47 Å². The summed E-state index contributed by atoms with van der Waals surface area (Å²) in [5.74, 6) is 0.114. The topological polar surface area (TPSA) is 93.3 Å². The molecule has 2 aliphatic rings. The lowest BCUT2D eigenvalue weighted by molar-refractivity contribution is -0.117. The first kappa shape index (κ1) is 17.2. The van der Waals surface area contributed by atoms with E-state index in [-0.39, 0.29) is 23.0 Å². The minimum Gasteiger partial charge on any atom is -0.334 e. The van der Waals surface area contributed by atoms with Gasteiger partial charge in [0.1, 0.15) is 0 Å². The molecule has 0 bridgehead atoms. The molecule has 0 N–H and O–H groups in total. The Hall–Kier alpha value is -2.20. The lowest BCUT2D eigenvalue weighted by Gasteiger charge is -2.37. The molecule has 1 amide bonds. The molecule has 140 valence electrons. The maximum absolute atomic E-state index is 12.7. The van der Waals surface area contributed by atoms with Crippen LogP contribution in [0.3, 0.4) is 0 Å². The second kappa shape index (κ2) is 6.20. The Labute approximate surface area is 152 Å². The Kier molecular flexibility index (Phi) is 4.11. The summed E-state index contributed by atoms with van der Waals surface area (Å²) in [6.45, 7) is 5.36. The number of hydrogen-bond donors (Lipinski definition) is 0. The molecular formula is C16H22N6O3S. The average Bonchev–Trinajstić information content (AvgIpc) is 3.24. The van der Waals surface area contributed by atoms with E-state index in [0.29, 0.717) is 26.1 Å². The summed E-state index contributed by atoms with van der Waals surface area (Å²) < 4.78 is 30.2. The molecule has 2 aliphatic heterocycles. The summed E-state index contributed by atoms with van der Waals surface area (Å²) in [5, 5.41) is 4.39. The van der Waals surface area contributed by atoms with Gasteiger partial charge in [0, 0.05) is 44.5 Å². The third-order valence-electron chi connectivity index (χ3n) is 4.95. The van der Waals surface area contributed by atoms with Crippen molar-refractivity contribution in [3.05, 3.63) is 24.9 Å². The third kappa shape index (κ3) is 2.82. The molecule has 0 aliphatic carbocycles. The Balaban J connectivity index is 1.43. The Morgan fingerprint density at radius 3 is 2.62 bits per heavy atom. The Morgan fingerprint density at radius 2 is 2.00 bits per heavy atom. The van der Waals surface area contributed by atoms with Crippen molar-refractivity contribution in [2.75, 3.05) is 24.5 Å². The minimum atomic E-state index is -3.58. The summed E-state index contributed by atoms with van der Waals surface area (Å²) in [4.78, 5) is 17.6. The van der Waals surface area contributed by atoms with E-state index in [4.69, 9.17) is 0 Å². The van der Waals surface area contributed by atoms with Crippen molar-refractivity contribution in [2.24, 2.45) is 0 Å². The largest absolute Gasteiger partial charge is 0.334 e. The van der Waals surface area contributed by atoms with Crippen LogP contribution in [0.5, 0.6) is 0 Å². The summed E-state index contributed by atoms with van der Waals surface area (Å²) in [7, 11) is -3.58. The summed E-state index contributed by atoms with van der Waals surface area (Å²) in [6, 6.07) is 0.134. The fourth-order valence-corrected chi connectivity index (χ4v) is 4.67. The van der Waals surface area contributed by atoms with Gasteiger partial charge in [0.2, 0.25) is 5.91 Å². The first-order valence-corrected chi connectivity index (χ1v) is 10.2. The molecule has 4 heterocycles. The molecule has 0 unspecified atom stereocenters. The van der Waals surface area contributed by atoms with Gasteiger partial charge in [-0.05, 0) is 20.3 Å². The van der Waals surface area contributed by atoms with Crippen LogP contribution in [0.2, 0.25) is 0 Å². The van der Waals surface area contributed by atoms with Crippen LogP contribution in [-0.4, -0.2) is 57.6 Å². The number of anilines is 1. The Morgan fingerprint density at radius 1 is 1.23 bits per heavy atom. The van der Waals surface area contributed by atoms with E-state index in [9.17, 15) is 13.2 Å². The Bertz CT molecular complexity index is 925. The molecule has 0 spiro atoms. The number of hydrogen-bond acceptors (Lipinski definition) is 5. The van der Waals surface area contributed by atoms with Gasteiger partial charge in [-0.3, -0.25) is 9.48 Å². The van der Waals surface area contributed by atoms with Crippen molar-refractivity contribution in [1.82, 2.24) is 23.6 Å². The summed E-state index contributed by atoms with van der Waals surface area (Å²) in [5.41, 5.74) is 0.782. The van der Waals surface area contributed by atoms with Crippen molar-refractivity contribution in [3.63, 3.8) is 0 Å². The number of carbonyl (C=O) groups excluding carboxylic acids is 1. The number of nitrogens with zero attached hydrogens (tertiary/aromatic N) is 6. The zero-order chi connectivity index (χ0) is 18.5. The normalized spacial score (nSPS) is 19.5. The molecule has 0 radical (unpaired) electrons. The van der Waals surface area contributed by atoms with Gasteiger partial charge >= 0.3 is 0 Å². The van der Waals surface area contributed by atoms with Crippen LogP contribution in [0, 0.1) is 0 Å². The van der Waals surface area contributed by atoms with Crippen LogP contribution in [0.1, 0.15) is 38.8 Å². The predicted molar refractivity (Wildman–Crippen MR) is 94.2 cm³/mol. The molecule has 2 aromatic heterocycles. The molecule has 4 rings (SSSR count). The first-order chi connectivity index (χ1) is 12.4. The van der Waals surface area contributed by atoms with Crippen molar-refractivity contribution in [2.45, 2.75) is 43.8 Å². The van der Waals surface area contributed by atoms with E-state index in [1.807, 2.05) is 20.0 Å². The molecule has 10 heteroatoms. The van der Waals surface area contributed by atoms with Gasteiger partial charge in [-0.1, -0.05) is 0 Å². The molecule has 0 atom stereocenters. The zero-order valence-corrected chi connectivity index (χ0v) is 15.6. The third-order valence-corrected chi connectivity index (χ3v) is 6.67. The number of aromatic nitrogens is 4. The SMILES string of the molecule is CC(C)n1cnc(S(=O)(=O)N2CC(n3cc(N4CCCC4=O)cn3)C2)c1. The van der Waals surface area contributed by atoms with Gasteiger partial charge in [-0.25, -0.2) is 13.4 Å². The van der Waals surface area contributed by atoms with Crippen molar-refractivity contribution in [3.8, 4) is 0 Å². The molecule has 2 fully saturated rings. The molecule has 2 aromatic rings. The van der Waals surface area contributed by atoms with Gasteiger partial charge in [-0.15, -0.1) is 0 Å². The molecule has 9 nitrogen and oxygen atoms in total. The van der Waals surface area contributed by atoms with Crippen LogP contribution in [0.4, 0.5) is 5.69 Å². The molecule has 26 heavy (non-hydrogen) atoms. The van der Waals surface area contributed by atoms with E-state index >= 15 is 0 Å². The number of carbonyl (C=O) groups is 1. The van der Waals surface area contributed by atoms with Crippen LogP contribution in [0.25, 0.3) is 0 Å². The van der Waals surface area contributed by atoms with E-state index in [2.05, 4.69) is 10.1 Å². The van der Waals surface area contributed by atoms with Gasteiger partial charge in [0.05, 0.1) is 24.3 Å². The fraction of sp³-hybridized carbons (Fsp3) is 0.562. The lowest BCUT2D eigenvalue weighted by atomic mass is 10.2. The molecule has 0 aromatic carbocycles. The molecule has 0 saturated carbocycles. The number of rotatable bonds is 5. The summed E-state index contributed by atoms with van der Waals surface area (Å²) in [6.07, 6.45) is 8.04. The number of imidazole rings is 1. The van der Waals surface area contributed by atoms with Crippen molar-refractivity contribution >= 4 is 21.6 Å². The van der Waals surface area contributed by atoms with Crippen molar-refractivity contribution in [1.29, 1.82) is 0 Å². The van der Waals surface area contributed by atoms with Crippen LogP contribution in [-0.2, 0) is 14.8 Å². The fourth-order valence-electron chi connectivity index (χ4n) is 3.23. The van der Waals surface area contributed by atoms with Crippen LogP contribution in [0.15, 0.2) is 29.9 Å². The monoisotopic (exact) mass is 378 g/mol. The maximum atomic E-state index is 12.7. The first-order valence-electron chi connectivity index (χ1n) is 8.74. The minimum absolute atomic E-state index is 0.0246. The van der Waals surface area contributed by atoms with Crippen LogP contribution >= 0.6 is 0 Å². The van der Waals surface area contributed by atoms with E-state index < -0.39 is 10.0 Å². The highest BCUT2D eigenvalue weighted by Gasteiger charge is 2.39. The second-order valence-corrected chi connectivity index (χ2v) is 8.94. The zero-order valence-electron chi connectivity index (χ0n) is 14.8. The lowest BCUT2D eigenvalue weighted by Crippen LogP contribution is -2.50.